The number of carbonyl (C=O) groups is 2. The van der Waals surface area contributed by atoms with Gasteiger partial charge in [-0.3, -0.25) is 9.69 Å². The predicted molar refractivity (Wildman–Crippen MR) is 87.2 cm³/mol. The Labute approximate surface area is 149 Å². The Bertz CT molecular complexity index is 817. The van der Waals surface area contributed by atoms with Gasteiger partial charge in [-0.1, -0.05) is 23.7 Å². The maximum atomic E-state index is 12.6. The lowest BCUT2D eigenvalue weighted by Gasteiger charge is -3.08. The Morgan fingerprint density at radius 3 is 2.28 bits per heavy atom. The van der Waals surface area contributed by atoms with E-state index in [0.717, 1.165) is 47.0 Å². The van der Waals surface area contributed by atoms with Crippen LogP contribution in [-0.2, 0) is 9.53 Å². The maximum absolute atomic E-state index is 12.6. The van der Waals surface area contributed by atoms with E-state index in [1.807, 2.05) is 24.3 Å². The lowest BCUT2D eigenvalue weighted by atomic mass is 8.95. The molecular formula is C19H17ClN2O3. The van der Waals surface area contributed by atoms with E-state index < -0.39 is 18.1 Å². The molecule has 6 aliphatic carbocycles. The molecule has 25 heavy (non-hydrogen) atoms. The van der Waals surface area contributed by atoms with Crippen molar-refractivity contribution in [1.82, 2.24) is 4.90 Å². The minimum absolute atomic E-state index is 0.00776. The summed E-state index contributed by atoms with van der Waals surface area (Å²) in [5, 5.41) is 0.691. The Balaban J connectivity index is 1.32. The molecule has 6 saturated carbocycles. The number of primary amides is 1. The molecular weight excluding hydrogens is 340 g/mol. The van der Waals surface area contributed by atoms with Crippen LogP contribution in [0.25, 0.3) is 0 Å². The van der Waals surface area contributed by atoms with E-state index in [9.17, 15) is 9.59 Å². The van der Waals surface area contributed by atoms with Crippen molar-refractivity contribution in [3.8, 4) is 0 Å². The van der Waals surface area contributed by atoms with Gasteiger partial charge >= 0.3 is 6.09 Å². The average molecular weight is 357 g/mol. The van der Waals surface area contributed by atoms with E-state index in [0.29, 0.717) is 5.02 Å². The van der Waals surface area contributed by atoms with Crippen molar-refractivity contribution in [3.05, 3.63) is 34.9 Å². The van der Waals surface area contributed by atoms with Crippen molar-refractivity contribution in [1.29, 1.82) is 0 Å². The van der Waals surface area contributed by atoms with Gasteiger partial charge in [-0.25, -0.2) is 4.79 Å². The van der Waals surface area contributed by atoms with Crippen LogP contribution in [0.3, 0.4) is 0 Å². The van der Waals surface area contributed by atoms with Crippen LogP contribution in [-0.4, -0.2) is 29.5 Å². The summed E-state index contributed by atoms with van der Waals surface area (Å²) in [6, 6.07) is 7.82. The number of rotatable bonds is 4. The van der Waals surface area contributed by atoms with Gasteiger partial charge in [-0.15, -0.1) is 0 Å². The minimum Gasteiger partial charge on any atom is -0.434 e. The van der Waals surface area contributed by atoms with E-state index in [2.05, 4.69) is 0 Å². The van der Waals surface area contributed by atoms with Gasteiger partial charge in [-0.05, 0) is 59.1 Å². The zero-order chi connectivity index (χ0) is 16.8. The maximum Gasteiger partial charge on any atom is 0.411 e. The highest BCUT2D eigenvalue weighted by molar-refractivity contribution is 6.30. The van der Waals surface area contributed by atoms with Gasteiger partial charge in [-0.2, -0.15) is 0 Å². The van der Waals surface area contributed by atoms with Crippen LogP contribution in [0.4, 0.5) is 4.79 Å². The van der Waals surface area contributed by atoms with Crippen LogP contribution in [0.15, 0.2) is 24.3 Å². The van der Waals surface area contributed by atoms with Crippen LogP contribution in [0.5, 0.6) is 0 Å². The van der Waals surface area contributed by atoms with Gasteiger partial charge in [0.1, 0.15) is 0 Å². The number of amides is 2. The minimum atomic E-state index is -0.838. The average Bonchev–Trinajstić information content (AvgIpc) is 2.99. The van der Waals surface area contributed by atoms with Crippen molar-refractivity contribution in [2.45, 2.75) is 12.1 Å². The Morgan fingerprint density at radius 1 is 1.16 bits per heavy atom. The van der Waals surface area contributed by atoms with Crippen molar-refractivity contribution in [2.24, 2.45) is 52.6 Å². The van der Waals surface area contributed by atoms with Crippen molar-refractivity contribution in [3.63, 3.8) is 0 Å². The number of carbonyl (C=O) groups excluding carboxylic acids is 2. The third kappa shape index (κ3) is 1.07. The molecule has 1 aromatic rings. The fraction of sp³-hybridized carbons (Fsp3) is 0.579. The number of cyclic esters (lactones) is 1. The molecule has 0 aromatic heterocycles. The molecule has 1 aromatic carbocycles. The van der Waals surface area contributed by atoms with Gasteiger partial charge in [0.2, 0.25) is 0 Å². The third-order valence-corrected chi connectivity index (χ3v) is 8.93. The normalized spacial score (nSPS) is 52.7. The molecule has 1 unspecified atom stereocenters. The number of benzene rings is 1. The largest absolute Gasteiger partial charge is 0.434 e. The summed E-state index contributed by atoms with van der Waals surface area (Å²) in [6.45, 7) is 0.263. The SMILES string of the molecule is NC(=O)C1CN([C@H](c2ccc(Cl)cc2)C23C4C5C6C4C2C6C53)C(=O)O1. The van der Waals surface area contributed by atoms with Crippen molar-refractivity contribution < 1.29 is 14.3 Å². The highest BCUT2D eigenvalue weighted by Gasteiger charge is 3.05. The molecule has 0 spiro atoms. The molecule has 7 fully saturated rings. The van der Waals surface area contributed by atoms with Crippen LogP contribution in [0.2, 0.25) is 5.02 Å². The zero-order valence-electron chi connectivity index (χ0n) is 13.3. The first-order chi connectivity index (χ1) is 12.1. The molecule has 7 aliphatic rings. The molecule has 128 valence electrons. The first-order valence-corrected chi connectivity index (χ1v) is 9.46. The van der Waals surface area contributed by atoms with Crippen LogP contribution >= 0.6 is 11.6 Å². The fourth-order valence-electron chi connectivity index (χ4n) is 8.29. The lowest BCUT2D eigenvalue weighted by Crippen LogP contribution is -3.06. The molecule has 5 nitrogen and oxygen atoms in total. The summed E-state index contributed by atoms with van der Waals surface area (Å²) < 4.78 is 5.27. The molecule has 2 atom stereocenters. The zero-order valence-corrected chi connectivity index (χ0v) is 14.1. The quantitative estimate of drug-likeness (QED) is 0.897. The molecule has 1 aliphatic heterocycles. The van der Waals surface area contributed by atoms with E-state index in [-0.39, 0.29) is 18.0 Å². The molecule has 6 heteroatoms. The number of hydrogen-bond donors (Lipinski definition) is 1. The lowest BCUT2D eigenvalue weighted by molar-refractivity contribution is -0.624. The smallest absolute Gasteiger partial charge is 0.411 e. The van der Waals surface area contributed by atoms with Gasteiger partial charge < -0.3 is 10.5 Å². The van der Waals surface area contributed by atoms with Crippen molar-refractivity contribution in [2.75, 3.05) is 6.54 Å². The monoisotopic (exact) mass is 356 g/mol. The molecule has 2 N–H and O–H groups in total. The Kier molecular flexibility index (Phi) is 1.98. The van der Waals surface area contributed by atoms with Gasteiger partial charge in [0.25, 0.3) is 5.91 Å². The van der Waals surface area contributed by atoms with Crippen LogP contribution in [0, 0.1) is 46.8 Å². The molecule has 2 amide bonds. The third-order valence-electron chi connectivity index (χ3n) is 8.68. The predicted octanol–water partition coefficient (Wildman–Crippen LogP) is 2.05. The van der Waals surface area contributed by atoms with Gasteiger partial charge in [0.15, 0.2) is 6.10 Å². The summed E-state index contributed by atoms with van der Waals surface area (Å²) in [5.41, 5.74) is 6.73. The number of nitrogens with two attached hydrogens (primary N) is 1. The molecule has 1 heterocycles. The summed E-state index contributed by atoms with van der Waals surface area (Å²) in [5.74, 6) is 5.52. The highest BCUT2D eigenvalue weighted by Crippen LogP contribution is 3.07. The number of halogens is 1. The Morgan fingerprint density at radius 2 is 1.76 bits per heavy atom. The second-order valence-electron chi connectivity index (χ2n) is 8.77. The van der Waals surface area contributed by atoms with Gasteiger partial charge in [0.05, 0.1) is 12.6 Å². The molecule has 8 rings (SSSR count). The van der Waals surface area contributed by atoms with Crippen LogP contribution < -0.4 is 5.73 Å². The standard InChI is InChI=1S/C19H17ClN2O3/c20-7-3-1-6(2-4-7)16(22-5-8(17(21)23)25-18(22)24)19-13-10-9-11(13)15(19)12(9)14(10)19/h1-4,8-16H,5H2,(H2,21,23)/t8?,9?,10?,11?,12?,13?,14?,15?,16-,19?/m1/s1. The summed E-state index contributed by atoms with van der Waals surface area (Å²) in [7, 11) is 0. The number of nitrogens with zero attached hydrogens (tertiary/aromatic N) is 1. The summed E-state index contributed by atoms with van der Waals surface area (Å²) in [6.07, 6.45) is -1.24. The second kappa shape index (κ2) is 3.68. The summed E-state index contributed by atoms with van der Waals surface area (Å²) in [4.78, 5) is 25.9. The van der Waals surface area contributed by atoms with E-state index in [1.165, 1.54) is 0 Å². The topological polar surface area (TPSA) is 72.6 Å². The van der Waals surface area contributed by atoms with Crippen molar-refractivity contribution >= 4 is 23.6 Å². The van der Waals surface area contributed by atoms with E-state index >= 15 is 0 Å². The molecule has 0 radical (unpaired) electrons. The van der Waals surface area contributed by atoms with Crippen LogP contribution in [0.1, 0.15) is 11.6 Å². The van der Waals surface area contributed by atoms with E-state index in [1.54, 1.807) is 4.90 Å². The molecule has 1 saturated heterocycles. The first kappa shape index (κ1) is 13.5. The number of hydrogen-bond acceptors (Lipinski definition) is 3. The summed E-state index contributed by atoms with van der Waals surface area (Å²) >= 11 is 6.08. The highest BCUT2D eigenvalue weighted by atomic mass is 35.5. The first-order valence-electron chi connectivity index (χ1n) is 9.09. The van der Waals surface area contributed by atoms with Gasteiger partial charge in [0, 0.05) is 10.4 Å². The number of ether oxygens (including phenoxy) is 1. The second-order valence-corrected chi connectivity index (χ2v) is 9.20. The Hall–Kier alpha value is -1.75. The molecule has 0 bridgehead atoms. The fourth-order valence-corrected chi connectivity index (χ4v) is 8.42. The van der Waals surface area contributed by atoms with E-state index in [4.69, 9.17) is 22.1 Å².